The van der Waals surface area contributed by atoms with E-state index in [0.717, 1.165) is 5.56 Å². The Morgan fingerprint density at radius 2 is 2.12 bits per heavy atom. The van der Waals surface area contributed by atoms with Gasteiger partial charge in [0, 0.05) is 19.8 Å². The van der Waals surface area contributed by atoms with Crippen LogP contribution in [0.25, 0.3) is 0 Å². The normalized spacial score (nSPS) is 11.6. The van der Waals surface area contributed by atoms with Crippen molar-refractivity contribution in [1.29, 1.82) is 5.26 Å². The Kier molecular flexibility index (Phi) is 5.15. The number of nitriles is 1. The van der Waals surface area contributed by atoms with E-state index >= 15 is 0 Å². The molecule has 0 heterocycles. The van der Waals surface area contributed by atoms with Crippen LogP contribution >= 0.6 is 0 Å². The fourth-order valence-electron chi connectivity index (χ4n) is 1.40. The molecule has 90 valence electrons. The lowest BCUT2D eigenvalue weighted by atomic mass is 10.1. The molecule has 0 fully saturated rings. The van der Waals surface area contributed by atoms with E-state index in [1.807, 2.05) is 6.07 Å². The van der Waals surface area contributed by atoms with Gasteiger partial charge in [0.1, 0.15) is 6.17 Å². The summed E-state index contributed by atoms with van der Waals surface area (Å²) in [4.78, 5) is 10.5. The maximum atomic E-state index is 13.5. The molecule has 0 amide bonds. The zero-order valence-electron chi connectivity index (χ0n) is 9.65. The van der Waals surface area contributed by atoms with Gasteiger partial charge in [-0.05, 0) is 17.7 Å². The highest BCUT2D eigenvalue weighted by atomic mass is 19.1. The van der Waals surface area contributed by atoms with E-state index in [1.165, 1.54) is 6.92 Å². The van der Waals surface area contributed by atoms with E-state index in [-0.39, 0.29) is 19.4 Å². The number of halogens is 1. The first-order chi connectivity index (χ1) is 8.11. The highest BCUT2D eigenvalue weighted by molar-refractivity contribution is 5.65. The van der Waals surface area contributed by atoms with Gasteiger partial charge >= 0.3 is 5.97 Å². The third-order valence-corrected chi connectivity index (χ3v) is 2.28. The lowest BCUT2D eigenvalue weighted by Crippen LogP contribution is -2.10. The SMILES string of the molecule is CC(=O)OCCC(F)Cc1ccc(C#N)cc1. The second-order valence-electron chi connectivity index (χ2n) is 3.74. The molecule has 3 nitrogen and oxygen atoms in total. The van der Waals surface area contributed by atoms with Gasteiger partial charge < -0.3 is 4.74 Å². The van der Waals surface area contributed by atoms with Gasteiger partial charge in [-0.15, -0.1) is 0 Å². The van der Waals surface area contributed by atoms with E-state index < -0.39 is 12.1 Å². The Balaban J connectivity index is 2.37. The Morgan fingerprint density at radius 1 is 1.47 bits per heavy atom. The zero-order valence-corrected chi connectivity index (χ0v) is 9.65. The van der Waals surface area contributed by atoms with Crippen LogP contribution in [0.3, 0.4) is 0 Å². The molecule has 4 heteroatoms. The third-order valence-electron chi connectivity index (χ3n) is 2.28. The maximum Gasteiger partial charge on any atom is 0.302 e. The first-order valence-corrected chi connectivity index (χ1v) is 5.38. The molecule has 0 bridgehead atoms. The molecule has 0 aliphatic rings. The molecule has 1 atom stereocenters. The Labute approximate surface area is 99.8 Å². The van der Waals surface area contributed by atoms with Crippen LogP contribution in [0.2, 0.25) is 0 Å². The third kappa shape index (κ3) is 5.12. The lowest BCUT2D eigenvalue weighted by molar-refractivity contribution is -0.141. The van der Waals surface area contributed by atoms with Crippen LogP contribution in [0.1, 0.15) is 24.5 Å². The summed E-state index contributed by atoms with van der Waals surface area (Å²) in [5, 5.41) is 8.61. The number of carbonyl (C=O) groups is 1. The molecule has 1 aromatic carbocycles. The van der Waals surface area contributed by atoms with Crippen LogP contribution in [0.4, 0.5) is 4.39 Å². The molecule has 1 aromatic rings. The van der Waals surface area contributed by atoms with Crippen molar-refractivity contribution in [2.45, 2.75) is 25.9 Å². The molecule has 0 aromatic heterocycles. The average Bonchev–Trinajstić information content (AvgIpc) is 2.29. The molecule has 1 rings (SSSR count). The number of benzene rings is 1. The summed E-state index contributed by atoms with van der Waals surface area (Å²) in [7, 11) is 0. The van der Waals surface area contributed by atoms with Crippen LogP contribution in [-0.2, 0) is 16.0 Å². The van der Waals surface area contributed by atoms with Crippen LogP contribution in [-0.4, -0.2) is 18.7 Å². The van der Waals surface area contributed by atoms with Gasteiger partial charge in [0.15, 0.2) is 0 Å². The lowest BCUT2D eigenvalue weighted by Gasteiger charge is -2.08. The standard InChI is InChI=1S/C13H14FNO2/c1-10(16)17-7-6-13(14)8-11-2-4-12(9-15)5-3-11/h2-5,13H,6-8H2,1H3. The maximum absolute atomic E-state index is 13.5. The average molecular weight is 235 g/mol. The second-order valence-corrected chi connectivity index (χ2v) is 3.74. The van der Waals surface area contributed by atoms with Crippen molar-refractivity contribution < 1.29 is 13.9 Å². The number of carbonyl (C=O) groups excluding carboxylic acids is 1. The van der Waals surface area contributed by atoms with E-state index in [0.29, 0.717) is 5.56 Å². The number of nitrogens with zero attached hydrogens (tertiary/aromatic N) is 1. The van der Waals surface area contributed by atoms with Gasteiger partial charge in [0.05, 0.1) is 18.2 Å². The summed E-state index contributed by atoms with van der Waals surface area (Å²) < 4.78 is 18.1. The highest BCUT2D eigenvalue weighted by Gasteiger charge is 2.08. The summed E-state index contributed by atoms with van der Waals surface area (Å²) in [6.45, 7) is 1.40. The largest absolute Gasteiger partial charge is 0.466 e. The molecule has 0 radical (unpaired) electrons. The summed E-state index contributed by atoms with van der Waals surface area (Å²) in [6, 6.07) is 8.79. The first-order valence-electron chi connectivity index (χ1n) is 5.38. The van der Waals surface area contributed by atoms with Crippen molar-refractivity contribution in [3.05, 3.63) is 35.4 Å². The van der Waals surface area contributed by atoms with E-state index in [2.05, 4.69) is 4.74 Å². The first kappa shape index (κ1) is 13.2. The van der Waals surface area contributed by atoms with Gasteiger partial charge in [0.2, 0.25) is 0 Å². The summed E-state index contributed by atoms with van der Waals surface area (Å²) in [5.41, 5.74) is 1.39. The fraction of sp³-hybridized carbons (Fsp3) is 0.385. The number of rotatable bonds is 5. The Morgan fingerprint density at radius 3 is 2.65 bits per heavy atom. The van der Waals surface area contributed by atoms with Crippen LogP contribution in [0.5, 0.6) is 0 Å². The van der Waals surface area contributed by atoms with Gasteiger partial charge in [-0.1, -0.05) is 12.1 Å². The predicted octanol–water partition coefficient (Wildman–Crippen LogP) is 2.39. The minimum atomic E-state index is -1.04. The number of ether oxygens (including phenoxy) is 1. The van der Waals surface area contributed by atoms with Gasteiger partial charge in [-0.3, -0.25) is 4.79 Å². The fourth-order valence-corrected chi connectivity index (χ4v) is 1.40. The van der Waals surface area contributed by atoms with Crippen molar-refractivity contribution in [2.75, 3.05) is 6.61 Å². The zero-order chi connectivity index (χ0) is 12.7. The number of alkyl halides is 1. The monoisotopic (exact) mass is 235 g/mol. The van der Waals surface area contributed by atoms with E-state index in [9.17, 15) is 9.18 Å². The number of hydrogen-bond donors (Lipinski definition) is 0. The summed E-state index contributed by atoms with van der Waals surface area (Å²) in [6.07, 6.45) is -0.575. The van der Waals surface area contributed by atoms with E-state index in [4.69, 9.17) is 5.26 Å². The van der Waals surface area contributed by atoms with E-state index in [1.54, 1.807) is 24.3 Å². The highest BCUT2D eigenvalue weighted by Crippen LogP contribution is 2.10. The Bertz CT molecular complexity index is 408. The molecule has 0 saturated heterocycles. The van der Waals surface area contributed by atoms with Gasteiger partial charge in [0.25, 0.3) is 0 Å². The van der Waals surface area contributed by atoms with Crippen LogP contribution in [0.15, 0.2) is 24.3 Å². The number of esters is 1. The molecule has 17 heavy (non-hydrogen) atoms. The van der Waals surface area contributed by atoms with Crippen LogP contribution in [0, 0.1) is 11.3 Å². The minimum absolute atomic E-state index is 0.104. The topological polar surface area (TPSA) is 50.1 Å². The molecule has 0 N–H and O–H groups in total. The van der Waals surface area contributed by atoms with Crippen molar-refractivity contribution in [3.8, 4) is 6.07 Å². The molecular weight excluding hydrogens is 221 g/mol. The quantitative estimate of drug-likeness (QED) is 0.736. The smallest absolute Gasteiger partial charge is 0.302 e. The van der Waals surface area contributed by atoms with Gasteiger partial charge in [-0.2, -0.15) is 5.26 Å². The van der Waals surface area contributed by atoms with Gasteiger partial charge in [-0.25, -0.2) is 4.39 Å². The molecular formula is C13H14FNO2. The van der Waals surface area contributed by atoms with Crippen LogP contribution < -0.4 is 0 Å². The summed E-state index contributed by atoms with van der Waals surface area (Å²) in [5.74, 6) is -0.393. The van der Waals surface area contributed by atoms with Crippen molar-refractivity contribution in [1.82, 2.24) is 0 Å². The molecule has 0 aliphatic heterocycles. The Hall–Kier alpha value is -1.89. The molecule has 0 spiro atoms. The predicted molar refractivity (Wildman–Crippen MR) is 61.0 cm³/mol. The second kappa shape index (κ2) is 6.64. The summed E-state index contributed by atoms with van der Waals surface area (Å²) >= 11 is 0. The van der Waals surface area contributed by atoms with Crippen molar-refractivity contribution in [2.24, 2.45) is 0 Å². The molecule has 0 aliphatic carbocycles. The minimum Gasteiger partial charge on any atom is -0.466 e. The molecule has 0 saturated carbocycles. The van der Waals surface area contributed by atoms with Crippen molar-refractivity contribution in [3.63, 3.8) is 0 Å². The number of hydrogen-bond acceptors (Lipinski definition) is 3. The van der Waals surface area contributed by atoms with Crippen molar-refractivity contribution >= 4 is 5.97 Å². The molecule has 1 unspecified atom stereocenters.